The number of carbonyl (C=O) groups excluding carboxylic acids is 23. The maximum atomic E-state index is 12.9. The van der Waals surface area contributed by atoms with Gasteiger partial charge in [0.25, 0.3) is 0 Å². The zero-order chi connectivity index (χ0) is 109. The van der Waals surface area contributed by atoms with Crippen molar-refractivity contribution >= 4 is 137 Å². The van der Waals surface area contributed by atoms with E-state index in [9.17, 15) is 110 Å². The van der Waals surface area contributed by atoms with Crippen molar-refractivity contribution in [3.05, 3.63) is 0 Å². The monoisotopic (exact) mass is 2060 g/mol. The van der Waals surface area contributed by atoms with Crippen LogP contribution in [-0.4, -0.2) is 391 Å². The van der Waals surface area contributed by atoms with Crippen LogP contribution in [0.15, 0.2) is 0 Å². The fourth-order valence-electron chi connectivity index (χ4n) is 9.69. The Kier molecular flexibility index (Phi) is 91.8. The van der Waals surface area contributed by atoms with Crippen LogP contribution >= 0.6 is 0 Å². The Bertz CT molecular complexity index is 3580. The minimum atomic E-state index is -1.33. The summed E-state index contributed by atoms with van der Waals surface area (Å²) < 4.78 is 79.9. The van der Waals surface area contributed by atoms with Gasteiger partial charge in [0.2, 0.25) is 76.8 Å². The summed E-state index contributed by atoms with van der Waals surface area (Å²) in [5.74, 6) is -7.36. The molecule has 4 unspecified atom stereocenters. The lowest BCUT2D eigenvalue weighted by Gasteiger charge is -2.22. The van der Waals surface area contributed by atoms with Gasteiger partial charge in [0.05, 0.1) is 145 Å². The van der Waals surface area contributed by atoms with Crippen molar-refractivity contribution in [2.75, 3.05) is 225 Å². The van der Waals surface area contributed by atoms with Crippen molar-refractivity contribution in [2.24, 2.45) is 5.92 Å². The fraction of sp³-hybridized carbons (Fsp3) is 0.736. The number of esters is 6. The summed E-state index contributed by atoms with van der Waals surface area (Å²) in [6.45, 7) is 24.7. The standard InChI is InChI=1S/C39H66N6O20.C20H35N3O10.C10H19N3O4.C9H17N3O3.C9H18N2O2/c1-28(46)60-22-18-56-14-8-40-34(50)26-32(36(52)42-10-16-58-20-24-62-30(3)48)44-38(54)64-12-6-5-7-13-65-39(55)45-33(37(53)43-11-17-59-21-25-63-31(4)49)27-35(51)41-9-15-57-19-23-61-29(2)47;1-4-7-33-20(28)23-17(19(27)22-6-9-30-11-13-32-16(3)25)14-18(26)21-5-8-29-10-12-31-15(2)24;1-4-5-17-10(16)13-7(9(15)12-3)6-8(14)11-2;1-4-9(15)12(5-10-7(2)13)6-11-8(3)14;1-4-9(5-10-7(2)12)6-11-8(3)13/h32-33H,5-27H2,1-4H3,(H,40,50)(H,41,51)(H,42,52)(H,43,53)(H,44,54)(H,45,55);17H,4-14H2,1-3H3,(H,21,26)(H,22,27)(H,23,28);7H,4-6H2,1-3H3,(H,11,14)(H,12,15)(H,13,16);4-6H2,1-3H3,(H,10,13)(H,11,14);9H,4-6H2,1-3H3,(H,10,12)(H,11,13). The van der Waals surface area contributed by atoms with Gasteiger partial charge in [0.15, 0.2) is 0 Å². The molecule has 0 saturated carbocycles. The summed E-state index contributed by atoms with van der Waals surface area (Å²) >= 11 is 0. The van der Waals surface area contributed by atoms with E-state index in [4.69, 9.17) is 75.8 Å². The Morgan fingerprint density at radius 1 is 0.245 bits per heavy atom. The number of amides is 17. The summed E-state index contributed by atoms with van der Waals surface area (Å²) in [4.78, 5) is 266. The molecular formula is C87H155N17O39. The smallest absolute Gasteiger partial charge is 0.407 e. The van der Waals surface area contributed by atoms with Crippen LogP contribution in [-0.2, 0) is 167 Å². The minimum Gasteiger partial charge on any atom is -0.463 e. The van der Waals surface area contributed by atoms with Gasteiger partial charge in [-0.1, -0.05) is 27.7 Å². The second-order valence-corrected chi connectivity index (χ2v) is 29.4. The molecule has 0 aliphatic carbocycles. The number of rotatable bonds is 72. The first-order valence-corrected chi connectivity index (χ1v) is 46.2. The summed E-state index contributed by atoms with van der Waals surface area (Å²) in [6.07, 6.45) is -1.18. The maximum Gasteiger partial charge on any atom is 0.407 e. The lowest BCUT2D eigenvalue weighted by atomic mass is 10.1. The first-order chi connectivity index (χ1) is 67.9. The lowest BCUT2D eigenvalue weighted by molar-refractivity contribution is -0.143. The molecule has 16 N–H and O–H groups in total. The molecule has 0 fully saturated rings. The first kappa shape index (κ1) is 138. The number of nitrogens with zero attached hydrogens (tertiary/aromatic N) is 1. The Morgan fingerprint density at radius 2 is 0.490 bits per heavy atom. The van der Waals surface area contributed by atoms with Crippen molar-refractivity contribution in [2.45, 2.75) is 192 Å². The summed E-state index contributed by atoms with van der Waals surface area (Å²) in [5, 5.41) is 40.0. The Morgan fingerprint density at radius 3 is 0.713 bits per heavy atom. The third-order valence-corrected chi connectivity index (χ3v) is 16.7. The molecule has 0 aliphatic rings. The highest BCUT2D eigenvalue weighted by Crippen LogP contribution is 2.05. The van der Waals surface area contributed by atoms with Crippen LogP contribution < -0.4 is 85.1 Å². The van der Waals surface area contributed by atoms with E-state index in [0.717, 1.165) is 6.42 Å². The van der Waals surface area contributed by atoms with Crippen molar-refractivity contribution < 1.29 is 186 Å². The highest BCUT2D eigenvalue weighted by molar-refractivity contribution is 5.94. The number of hydrogen-bond donors (Lipinski definition) is 16. The van der Waals surface area contributed by atoms with Gasteiger partial charge in [0, 0.05) is 142 Å². The molecule has 0 heterocycles. The largest absolute Gasteiger partial charge is 0.463 e. The predicted octanol–water partition coefficient (Wildman–Crippen LogP) is -3.75. The van der Waals surface area contributed by atoms with E-state index >= 15 is 0 Å². The van der Waals surface area contributed by atoms with Crippen LogP contribution in [0.5, 0.6) is 0 Å². The number of ether oxygens (including phenoxy) is 16. The van der Waals surface area contributed by atoms with Crippen molar-refractivity contribution in [3.63, 3.8) is 0 Å². The van der Waals surface area contributed by atoms with Gasteiger partial charge in [-0.15, -0.1) is 0 Å². The molecule has 0 bridgehead atoms. The SMILES string of the molecule is CC(=O)OCCOCCNC(=O)CC(NC(=O)OCCCCCOC(=O)NC(CC(=O)NCCOCCOC(C)=O)C(=O)NCCOCCOC(C)=O)C(=O)NCCOCCOC(C)=O.CCC(=O)N(CNC(C)=O)CNC(C)=O.CCC(CNC(C)=O)CNC(C)=O.CCCOC(=O)NC(CC(=O)NC)C(=O)NC.CCCOC(=O)NC(CC(=O)NCCOCCOC(C)=O)C(=O)NCCOCCOC(C)=O. The maximum absolute atomic E-state index is 12.9. The summed E-state index contributed by atoms with van der Waals surface area (Å²) in [5.41, 5.74) is 0. The molecule has 56 nitrogen and oxygen atoms in total. The first-order valence-electron chi connectivity index (χ1n) is 46.2. The number of likely N-dealkylation sites (N-methyl/N-ethyl adjacent to an activating group) is 1. The highest BCUT2D eigenvalue weighted by atomic mass is 16.6. The van der Waals surface area contributed by atoms with Gasteiger partial charge >= 0.3 is 60.2 Å². The zero-order valence-corrected chi connectivity index (χ0v) is 85.2. The van der Waals surface area contributed by atoms with E-state index in [1.807, 2.05) is 20.8 Å². The number of alkyl carbamates (subject to hydrolysis) is 4. The molecule has 0 aromatic carbocycles. The molecule has 0 aliphatic heterocycles. The molecule has 0 saturated heterocycles. The van der Waals surface area contributed by atoms with Crippen LogP contribution in [0.2, 0.25) is 0 Å². The summed E-state index contributed by atoms with van der Waals surface area (Å²) in [6, 6.07) is -4.74. The molecule has 56 heteroatoms. The molecule has 822 valence electrons. The van der Waals surface area contributed by atoms with Gasteiger partial charge in [-0.3, -0.25) is 91.1 Å². The normalized spacial score (nSPS) is 10.9. The molecule has 0 aromatic rings. The van der Waals surface area contributed by atoms with Crippen LogP contribution in [0.3, 0.4) is 0 Å². The molecule has 17 amide bonds. The van der Waals surface area contributed by atoms with E-state index in [1.54, 1.807) is 6.92 Å². The average molecular weight is 2060 g/mol. The molecule has 4 atom stereocenters. The topological polar surface area (TPSA) is 736 Å². The quantitative estimate of drug-likeness (QED) is 0.0120. The van der Waals surface area contributed by atoms with Gasteiger partial charge in [-0.2, -0.15) is 0 Å². The average Bonchev–Trinajstić information content (AvgIpc) is 0.911. The van der Waals surface area contributed by atoms with Crippen molar-refractivity contribution in [3.8, 4) is 0 Å². The number of nitrogens with one attached hydrogen (secondary N) is 16. The second-order valence-electron chi connectivity index (χ2n) is 29.4. The third-order valence-electron chi connectivity index (χ3n) is 16.7. The molecular weight excluding hydrogens is 1910 g/mol. The molecule has 143 heavy (non-hydrogen) atoms. The minimum absolute atomic E-state index is 0.0159. The van der Waals surface area contributed by atoms with E-state index in [2.05, 4.69) is 85.1 Å². The van der Waals surface area contributed by atoms with E-state index in [0.29, 0.717) is 57.5 Å². The third kappa shape index (κ3) is 98.7. The van der Waals surface area contributed by atoms with Gasteiger partial charge in [-0.05, 0) is 44.4 Å². The Labute approximate surface area is 832 Å². The number of unbranched alkanes of at least 4 members (excludes halogenated alkanes) is 2. The second kappa shape index (κ2) is 95.0. The van der Waals surface area contributed by atoms with Crippen molar-refractivity contribution in [1.29, 1.82) is 0 Å². The van der Waals surface area contributed by atoms with Gasteiger partial charge in [0.1, 0.15) is 63.8 Å². The molecule has 0 spiro atoms. The molecule has 0 aromatic heterocycles. The number of hydrogen-bond acceptors (Lipinski definition) is 39. The molecule has 0 rings (SSSR count). The van der Waals surface area contributed by atoms with Gasteiger partial charge in [-0.25, -0.2) is 19.2 Å². The highest BCUT2D eigenvalue weighted by Gasteiger charge is 2.29. The van der Waals surface area contributed by atoms with E-state index < -0.39 is 139 Å². The summed E-state index contributed by atoms with van der Waals surface area (Å²) in [7, 11) is 2.89. The zero-order valence-electron chi connectivity index (χ0n) is 85.2. The van der Waals surface area contributed by atoms with Crippen molar-refractivity contribution in [1.82, 2.24) is 90.0 Å². The Hall–Kier alpha value is -13.2. The van der Waals surface area contributed by atoms with Gasteiger partial charge < -0.3 is 166 Å². The fourth-order valence-corrected chi connectivity index (χ4v) is 9.69. The molecule has 0 radical (unpaired) electrons. The lowest BCUT2D eigenvalue weighted by Crippen LogP contribution is -2.50. The van der Waals surface area contributed by atoms with Crippen LogP contribution in [0.1, 0.15) is 168 Å². The van der Waals surface area contributed by atoms with Crippen LogP contribution in [0.4, 0.5) is 19.2 Å². The predicted molar refractivity (Wildman–Crippen MR) is 503 cm³/mol. The van der Waals surface area contributed by atoms with Crippen LogP contribution in [0.25, 0.3) is 0 Å². The van der Waals surface area contributed by atoms with E-state index in [1.165, 1.54) is 88.2 Å². The number of carbonyl (C=O) groups is 23. The Balaban J connectivity index is -0.000000662. The van der Waals surface area contributed by atoms with E-state index in [-0.39, 0.29) is 246 Å². The van der Waals surface area contributed by atoms with Crippen LogP contribution in [0, 0.1) is 5.92 Å².